The number of carbonyl (C=O) groups is 1. The molecule has 0 aromatic heterocycles. The fourth-order valence-electron chi connectivity index (χ4n) is 0.996. The van der Waals surface area contributed by atoms with Crippen LogP contribution >= 0.6 is 15.9 Å². The van der Waals surface area contributed by atoms with Crippen molar-refractivity contribution in [3.8, 4) is 5.75 Å². The topological polar surface area (TPSA) is 26.3 Å². The highest BCUT2D eigenvalue weighted by atomic mass is 79.9. The van der Waals surface area contributed by atoms with E-state index in [-0.39, 0.29) is 10.0 Å². The maximum absolute atomic E-state index is 13.3. The molecular weight excluding hydrogens is 251 g/mol. The van der Waals surface area contributed by atoms with Crippen molar-refractivity contribution in [1.82, 2.24) is 0 Å². The van der Waals surface area contributed by atoms with Gasteiger partial charge in [-0.25, -0.2) is 4.39 Å². The molecule has 1 aromatic carbocycles. The van der Waals surface area contributed by atoms with Gasteiger partial charge >= 0.3 is 0 Å². The summed E-state index contributed by atoms with van der Waals surface area (Å²) < 4.78 is 18.8. The molecule has 1 rings (SSSR count). The molecule has 1 aromatic rings. The van der Waals surface area contributed by atoms with Gasteiger partial charge in [0.1, 0.15) is 5.75 Å². The molecule has 0 bridgehead atoms. The second-order valence-corrected chi connectivity index (χ2v) is 3.59. The lowest BCUT2D eigenvalue weighted by Crippen LogP contribution is -2.00. The second-order valence-electron chi connectivity index (χ2n) is 2.74. The van der Waals surface area contributed by atoms with Crippen LogP contribution in [0.4, 0.5) is 4.39 Å². The van der Waals surface area contributed by atoms with Gasteiger partial charge in [-0.2, -0.15) is 0 Å². The van der Waals surface area contributed by atoms with Crippen molar-refractivity contribution in [3.63, 3.8) is 0 Å². The van der Waals surface area contributed by atoms with E-state index in [2.05, 4.69) is 15.9 Å². The highest BCUT2D eigenvalue weighted by molar-refractivity contribution is 9.10. The van der Waals surface area contributed by atoms with E-state index >= 15 is 0 Å². The first-order chi connectivity index (χ1) is 6.70. The number of hydrogen-bond acceptors (Lipinski definition) is 2. The predicted octanol–water partition coefficient (Wildman–Crippen LogP) is 3.19. The molecule has 0 unspecified atom stereocenters. The average Bonchev–Trinajstić information content (AvgIpc) is 2.20. The van der Waals surface area contributed by atoms with Crippen LogP contribution in [0.25, 0.3) is 0 Å². The Hall–Kier alpha value is -0.900. The predicted molar refractivity (Wildman–Crippen MR) is 55.3 cm³/mol. The lowest BCUT2D eigenvalue weighted by Gasteiger charge is -2.08. The minimum Gasteiger partial charge on any atom is -0.493 e. The summed E-state index contributed by atoms with van der Waals surface area (Å²) in [6.07, 6.45) is 1.28. The van der Waals surface area contributed by atoms with Crippen LogP contribution in [0.15, 0.2) is 16.6 Å². The van der Waals surface area contributed by atoms with Crippen LogP contribution in [-0.2, 0) is 0 Å². The Balaban J connectivity index is 3.04. The number of rotatable bonds is 4. The highest BCUT2D eigenvalue weighted by Crippen LogP contribution is 2.26. The van der Waals surface area contributed by atoms with Crippen LogP contribution in [0.2, 0.25) is 0 Å². The zero-order valence-electron chi connectivity index (χ0n) is 7.72. The summed E-state index contributed by atoms with van der Waals surface area (Å²) in [7, 11) is 0. The maximum atomic E-state index is 13.3. The fraction of sp³-hybridized carbons (Fsp3) is 0.300. The Bertz CT molecular complexity index is 339. The molecule has 0 aliphatic carbocycles. The molecule has 14 heavy (non-hydrogen) atoms. The molecule has 0 amide bonds. The fourth-order valence-corrected chi connectivity index (χ4v) is 1.34. The van der Waals surface area contributed by atoms with Gasteiger partial charge < -0.3 is 4.74 Å². The molecule has 0 fully saturated rings. The van der Waals surface area contributed by atoms with Crippen molar-refractivity contribution < 1.29 is 13.9 Å². The van der Waals surface area contributed by atoms with Gasteiger partial charge in [-0.3, -0.25) is 4.79 Å². The minimum atomic E-state index is -0.575. The Morgan fingerprint density at radius 2 is 2.29 bits per heavy atom. The maximum Gasteiger partial charge on any atom is 0.156 e. The summed E-state index contributed by atoms with van der Waals surface area (Å²) in [4.78, 5) is 10.6. The third-order valence-corrected chi connectivity index (χ3v) is 2.28. The van der Waals surface area contributed by atoms with E-state index in [1.807, 2.05) is 6.92 Å². The molecule has 76 valence electrons. The largest absolute Gasteiger partial charge is 0.493 e. The van der Waals surface area contributed by atoms with E-state index in [4.69, 9.17) is 4.74 Å². The lowest BCUT2D eigenvalue weighted by molar-refractivity contribution is 0.111. The number of ether oxygens (including phenoxy) is 1. The molecular formula is C10H10BrFO2. The van der Waals surface area contributed by atoms with Crippen molar-refractivity contribution in [3.05, 3.63) is 28.0 Å². The van der Waals surface area contributed by atoms with Gasteiger partial charge in [0.15, 0.2) is 12.1 Å². The van der Waals surface area contributed by atoms with Gasteiger partial charge in [-0.1, -0.05) is 6.92 Å². The Morgan fingerprint density at radius 3 is 2.86 bits per heavy atom. The number of carbonyl (C=O) groups excluding carboxylic acids is 1. The molecule has 0 saturated carbocycles. The first-order valence-electron chi connectivity index (χ1n) is 4.26. The molecule has 0 saturated heterocycles. The molecule has 4 heteroatoms. The number of halogens is 2. The summed E-state index contributed by atoms with van der Waals surface area (Å²) in [5.74, 6) is -0.281. The molecule has 0 atom stereocenters. The molecule has 0 N–H and O–H groups in total. The normalized spacial score (nSPS) is 9.93. The van der Waals surface area contributed by atoms with Gasteiger partial charge in [0.2, 0.25) is 0 Å². The smallest absolute Gasteiger partial charge is 0.156 e. The van der Waals surface area contributed by atoms with Crippen molar-refractivity contribution >= 4 is 22.2 Å². The standard InChI is InChI=1S/C10H10BrFO2/c1-2-5-14-9-4-3-8(11)10(12)7(9)6-13/h3-4,6H,2,5H2,1H3. The average molecular weight is 261 g/mol. The van der Waals surface area contributed by atoms with Gasteiger partial charge in [-0.15, -0.1) is 0 Å². The summed E-state index contributed by atoms with van der Waals surface area (Å²) in [5.41, 5.74) is -0.0344. The van der Waals surface area contributed by atoms with E-state index in [9.17, 15) is 9.18 Å². The van der Waals surface area contributed by atoms with Crippen LogP contribution in [0.3, 0.4) is 0 Å². The van der Waals surface area contributed by atoms with E-state index < -0.39 is 5.82 Å². The van der Waals surface area contributed by atoms with Crippen molar-refractivity contribution in [2.24, 2.45) is 0 Å². The molecule has 0 aliphatic heterocycles. The Morgan fingerprint density at radius 1 is 1.57 bits per heavy atom. The van der Waals surface area contributed by atoms with E-state index in [1.165, 1.54) is 6.07 Å². The molecule has 2 nitrogen and oxygen atoms in total. The van der Waals surface area contributed by atoms with Gasteiger partial charge in [0.05, 0.1) is 16.6 Å². The van der Waals surface area contributed by atoms with Gasteiger partial charge in [0, 0.05) is 0 Å². The third-order valence-electron chi connectivity index (χ3n) is 1.67. The van der Waals surface area contributed by atoms with Gasteiger partial charge in [0.25, 0.3) is 0 Å². The van der Waals surface area contributed by atoms with Crippen LogP contribution in [0.1, 0.15) is 23.7 Å². The summed E-state index contributed by atoms with van der Waals surface area (Å²) >= 11 is 3.00. The van der Waals surface area contributed by atoms with Crippen LogP contribution < -0.4 is 4.74 Å². The number of hydrogen-bond donors (Lipinski definition) is 0. The Labute approximate surface area is 90.2 Å². The van der Waals surface area contributed by atoms with E-state index in [0.29, 0.717) is 18.6 Å². The Kier molecular flexibility index (Phi) is 4.07. The first-order valence-corrected chi connectivity index (χ1v) is 5.06. The van der Waals surface area contributed by atoms with Gasteiger partial charge in [-0.05, 0) is 34.5 Å². The monoisotopic (exact) mass is 260 g/mol. The van der Waals surface area contributed by atoms with Crippen LogP contribution in [0.5, 0.6) is 5.75 Å². The SMILES string of the molecule is CCCOc1ccc(Br)c(F)c1C=O. The molecule has 0 radical (unpaired) electrons. The molecule has 0 aliphatic rings. The quantitative estimate of drug-likeness (QED) is 0.778. The first kappa shape index (κ1) is 11.2. The summed E-state index contributed by atoms with van der Waals surface area (Å²) in [6, 6.07) is 3.10. The van der Waals surface area contributed by atoms with Crippen LogP contribution in [-0.4, -0.2) is 12.9 Å². The summed E-state index contributed by atoms with van der Waals surface area (Å²) in [5, 5.41) is 0. The van der Waals surface area contributed by atoms with Crippen LogP contribution in [0, 0.1) is 5.82 Å². The third kappa shape index (κ3) is 2.32. The molecule has 0 heterocycles. The highest BCUT2D eigenvalue weighted by Gasteiger charge is 2.11. The van der Waals surface area contributed by atoms with Crippen molar-refractivity contribution in [1.29, 1.82) is 0 Å². The number of benzene rings is 1. The molecule has 0 spiro atoms. The number of aldehydes is 1. The van der Waals surface area contributed by atoms with Crippen molar-refractivity contribution in [2.45, 2.75) is 13.3 Å². The summed E-state index contributed by atoms with van der Waals surface area (Å²) in [6.45, 7) is 2.41. The van der Waals surface area contributed by atoms with E-state index in [1.54, 1.807) is 6.07 Å². The van der Waals surface area contributed by atoms with Crippen molar-refractivity contribution in [2.75, 3.05) is 6.61 Å². The van der Waals surface area contributed by atoms with E-state index in [0.717, 1.165) is 6.42 Å². The zero-order valence-corrected chi connectivity index (χ0v) is 9.30. The second kappa shape index (κ2) is 5.10. The minimum absolute atomic E-state index is 0.0344. The lowest BCUT2D eigenvalue weighted by atomic mass is 10.2. The zero-order chi connectivity index (χ0) is 10.6.